The highest BCUT2D eigenvalue weighted by Gasteiger charge is 2.30. The van der Waals surface area contributed by atoms with Crippen LogP contribution in [-0.2, 0) is 27.4 Å². The Morgan fingerprint density at radius 1 is 0.811 bits per heavy atom. The summed E-state index contributed by atoms with van der Waals surface area (Å²) in [7, 11) is 0. The van der Waals surface area contributed by atoms with Gasteiger partial charge in [-0.05, 0) is 44.7 Å². The summed E-state index contributed by atoms with van der Waals surface area (Å²) in [6.45, 7) is 3.61. The summed E-state index contributed by atoms with van der Waals surface area (Å²) in [6.07, 6.45) is -0.656. The molecule has 7 heteroatoms. The molecule has 0 radical (unpaired) electrons. The minimum atomic E-state index is -1.19. The molecule has 0 fully saturated rings. The van der Waals surface area contributed by atoms with Crippen LogP contribution in [0.1, 0.15) is 25.0 Å². The topological polar surface area (TPSA) is 105 Å². The molecule has 0 aliphatic heterocycles. The van der Waals surface area contributed by atoms with Crippen molar-refractivity contribution in [2.24, 2.45) is 5.92 Å². The largest absolute Gasteiger partial charge is 0.480 e. The van der Waals surface area contributed by atoms with Gasteiger partial charge in [0.2, 0.25) is 5.91 Å². The molecule has 0 bridgehead atoms. The van der Waals surface area contributed by atoms with Gasteiger partial charge >= 0.3 is 12.1 Å². The number of amides is 2. The highest BCUT2D eigenvalue weighted by molar-refractivity contribution is 6.02. The summed E-state index contributed by atoms with van der Waals surface area (Å²) in [6, 6.07) is 24.7. The molecule has 7 nitrogen and oxygen atoms in total. The molecule has 2 atom stereocenters. The Hall–Kier alpha value is -4.39. The molecule has 0 heterocycles. The number of rotatable bonds is 9. The Bertz CT molecular complexity index is 1360. The second kappa shape index (κ2) is 11.6. The minimum Gasteiger partial charge on any atom is -0.480 e. The SMILES string of the molecule is CC(C)[C@@H](NC(=O)OCc1ccccc1)C(=O)N[C@H](Cc1c2ccccc2cc2ccccc12)C(=O)O. The quantitative estimate of drug-likeness (QED) is 0.280. The molecule has 4 rings (SSSR count). The third-order valence-corrected chi connectivity index (χ3v) is 6.34. The molecule has 3 N–H and O–H groups in total. The van der Waals surface area contributed by atoms with Gasteiger partial charge < -0.3 is 20.5 Å². The number of carbonyl (C=O) groups is 3. The number of fused-ring (bicyclic) bond motifs is 2. The lowest BCUT2D eigenvalue weighted by atomic mass is 9.92. The lowest BCUT2D eigenvalue weighted by Gasteiger charge is -2.24. The van der Waals surface area contributed by atoms with E-state index in [9.17, 15) is 19.5 Å². The van der Waals surface area contributed by atoms with Gasteiger partial charge in [-0.3, -0.25) is 4.79 Å². The second-order valence-electron chi connectivity index (χ2n) is 9.33. The summed E-state index contributed by atoms with van der Waals surface area (Å²) in [4.78, 5) is 37.9. The summed E-state index contributed by atoms with van der Waals surface area (Å²) in [5, 5.41) is 19.1. The van der Waals surface area contributed by atoms with Gasteiger partial charge in [0.15, 0.2) is 0 Å². The van der Waals surface area contributed by atoms with E-state index in [1.807, 2.05) is 78.9 Å². The fourth-order valence-corrected chi connectivity index (χ4v) is 4.42. The van der Waals surface area contributed by atoms with Crippen molar-refractivity contribution in [1.82, 2.24) is 10.6 Å². The third-order valence-electron chi connectivity index (χ3n) is 6.34. The molecule has 0 aromatic heterocycles. The minimum absolute atomic E-state index is 0.0605. The molecule has 0 aliphatic rings. The Labute approximate surface area is 215 Å². The van der Waals surface area contributed by atoms with Crippen LogP contribution in [0.3, 0.4) is 0 Å². The van der Waals surface area contributed by atoms with Gasteiger partial charge in [-0.1, -0.05) is 92.7 Å². The maximum absolute atomic E-state index is 13.2. The highest BCUT2D eigenvalue weighted by Crippen LogP contribution is 2.29. The van der Waals surface area contributed by atoms with Gasteiger partial charge in [-0.2, -0.15) is 0 Å². The van der Waals surface area contributed by atoms with Crippen LogP contribution >= 0.6 is 0 Å². The number of carboxylic acids is 1. The molecule has 0 saturated carbocycles. The number of nitrogens with one attached hydrogen (secondary N) is 2. The monoisotopic (exact) mass is 498 g/mol. The smallest absolute Gasteiger partial charge is 0.408 e. The van der Waals surface area contributed by atoms with Crippen molar-refractivity contribution in [3.05, 3.63) is 96.1 Å². The maximum Gasteiger partial charge on any atom is 0.408 e. The molecule has 2 amide bonds. The summed E-state index contributed by atoms with van der Waals surface area (Å²) in [5.41, 5.74) is 1.66. The van der Waals surface area contributed by atoms with E-state index >= 15 is 0 Å². The number of carboxylic acid groups (broad SMARTS) is 1. The Morgan fingerprint density at radius 3 is 1.95 bits per heavy atom. The van der Waals surface area contributed by atoms with Crippen molar-refractivity contribution < 1.29 is 24.2 Å². The second-order valence-corrected chi connectivity index (χ2v) is 9.33. The number of carbonyl (C=O) groups excluding carboxylic acids is 2. The number of alkyl carbamates (subject to hydrolysis) is 1. The Balaban J connectivity index is 1.52. The average Bonchev–Trinajstić information content (AvgIpc) is 2.90. The predicted molar refractivity (Wildman–Crippen MR) is 143 cm³/mol. The van der Waals surface area contributed by atoms with E-state index in [0.717, 1.165) is 32.7 Å². The van der Waals surface area contributed by atoms with Crippen molar-refractivity contribution in [3.8, 4) is 0 Å². The van der Waals surface area contributed by atoms with Crippen LogP contribution in [-0.4, -0.2) is 35.2 Å². The summed E-state index contributed by atoms with van der Waals surface area (Å²) in [5.74, 6) is -2.03. The zero-order valence-electron chi connectivity index (χ0n) is 20.8. The zero-order chi connectivity index (χ0) is 26.4. The fourth-order valence-electron chi connectivity index (χ4n) is 4.42. The van der Waals surface area contributed by atoms with E-state index < -0.39 is 30.1 Å². The van der Waals surface area contributed by atoms with Gasteiger partial charge in [0, 0.05) is 6.42 Å². The lowest BCUT2D eigenvalue weighted by molar-refractivity contribution is -0.142. The van der Waals surface area contributed by atoms with Crippen LogP contribution in [0.25, 0.3) is 21.5 Å². The van der Waals surface area contributed by atoms with E-state index in [1.165, 1.54) is 0 Å². The van der Waals surface area contributed by atoms with Gasteiger partial charge in [-0.15, -0.1) is 0 Å². The number of ether oxygens (including phenoxy) is 1. The molecular formula is C30H30N2O5. The first-order chi connectivity index (χ1) is 17.8. The zero-order valence-corrected chi connectivity index (χ0v) is 20.8. The first-order valence-corrected chi connectivity index (χ1v) is 12.2. The molecule has 0 saturated heterocycles. The van der Waals surface area contributed by atoms with Gasteiger partial charge in [0.25, 0.3) is 0 Å². The predicted octanol–water partition coefficient (Wildman–Crippen LogP) is 5.06. The van der Waals surface area contributed by atoms with Crippen LogP contribution in [0.4, 0.5) is 4.79 Å². The molecular weight excluding hydrogens is 468 g/mol. The van der Waals surface area contributed by atoms with Crippen molar-refractivity contribution in [2.75, 3.05) is 0 Å². The molecule has 0 spiro atoms. The fraction of sp³-hybridized carbons (Fsp3) is 0.233. The third kappa shape index (κ3) is 6.25. The molecule has 190 valence electrons. The van der Waals surface area contributed by atoms with E-state index in [-0.39, 0.29) is 18.9 Å². The number of hydrogen-bond donors (Lipinski definition) is 3. The first kappa shape index (κ1) is 25.7. The van der Waals surface area contributed by atoms with E-state index in [0.29, 0.717) is 0 Å². The molecule has 0 aliphatic carbocycles. The summed E-state index contributed by atoms with van der Waals surface area (Å²) < 4.78 is 5.26. The molecule has 4 aromatic carbocycles. The van der Waals surface area contributed by atoms with E-state index in [2.05, 4.69) is 16.7 Å². The van der Waals surface area contributed by atoms with Gasteiger partial charge in [0.1, 0.15) is 18.7 Å². The van der Waals surface area contributed by atoms with E-state index in [1.54, 1.807) is 13.8 Å². The van der Waals surface area contributed by atoms with Crippen LogP contribution in [0.5, 0.6) is 0 Å². The normalized spacial score (nSPS) is 12.7. The maximum atomic E-state index is 13.2. The highest BCUT2D eigenvalue weighted by atomic mass is 16.5. The molecule has 4 aromatic rings. The molecule has 0 unspecified atom stereocenters. The average molecular weight is 499 g/mol. The van der Waals surface area contributed by atoms with Crippen molar-refractivity contribution in [3.63, 3.8) is 0 Å². The first-order valence-electron chi connectivity index (χ1n) is 12.2. The van der Waals surface area contributed by atoms with Crippen LogP contribution < -0.4 is 10.6 Å². The van der Waals surface area contributed by atoms with Gasteiger partial charge in [-0.25, -0.2) is 9.59 Å². The van der Waals surface area contributed by atoms with Crippen molar-refractivity contribution in [2.45, 2.75) is 39.0 Å². The standard InChI is InChI=1S/C30H30N2O5/c1-19(2)27(32-30(36)37-18-20-10-4-3-5-11-20)28(33)31-26(29(34)35)17-25-23-14-8-6-12-21(23)16-22-13-7-9-15-24(22)25/h3-16,19,26-27H,17-18H2,1-2H3,(H,31,33)(H,32,36)(H,34,35)/t26-,27-/m1/s1. The van der Waals surface area contributed by atoms with Crippen LogP contribution in [0.2, 0.25) is 0 Å². The Morgan fingerprint density at radius 2 is 1.38 bits per heavy atom. The Kier molecular flexibility index (Phi) is 8.03. The summed E-state index contributed by atoms with van der Waals surface area (Å²) >= 11 is 0. The number of hydrogen-bond acceptors (Lipinski definition) is 4. The number of aliphatic carboxylic acids is 1. The van der Waals surface area contributed by atoms with Crippen molar-refractivity contribution >= 4 is 39.5 Å². The van der Waals surface area contributed by atoms with Crippen molar-refractivity contribution in [1.29, 1.82) is 0 Å². The van der Waals surface area contributed by atoms with Crippen LogP contribution in [0, 0.1) is 5.92 Å². The lowest BCUT2D eigenvalue weighted by Crippen LogP contribution is -2.54. The van der Waals surface area contributed by atoms with E-state index in [4.69, 9.17) is 4.74 Å². The van der Waals surface area contributed by atoms with Gasteiger partial charge in [0.05, 0.1) is 0 Å². The number of benzene rings is 4. The van der Waals surface area contributed by atoms with Crippen LogP contribution in [0.15, 0.2) is 84.9 Å². The molecule has 37 heavy (non-hydrogen) atoms.